The van der Waals surface area contributed by atoms with Gasteiger partial charge in [0.2, 0.25) is 0 Å². The third-order valence-corrected chi connectivity index (χ3v) is 3.81. The molecule has 1 N–H and O–H groups in total. The third-order valence-electron chi connectivity index (χ3n) is 3.81. The monoisotopic (exact) mass is 354 g/mol. The van der Waals surface area contributed by atoms with Crippen LogP contribution >= 0.6 is 0 Å². The Morgan fingerprint density at radius 1 is 1.15 bits per heavy atom. The van der Waals surface area contributed by atoms with Crippen molar-refractivity contribution in [3.63, 3.8) is 0 Å². The number of esters is 1. The van der Waals surface area contributed by atoms with Crippen LogP contribution in [0.3, 0.4) is 0 Å². The molecule has 3 aromatic rings. The molecule has 0 saturated carbocycles. The van der Waals surface area contributed by atoms with Gasteiger partial charge in [0.15, 0.2) is 11.7 Å². The number of aromatic nitrogens is 1. The number of fused-ring (bicyclic) bond motifs is 1. The first kappa shape index (κ1) is 17.5. The Kier molecular flexibility index (Phi) is 5.17. The van der Waals surface area contributed by atoms with Crippen molar-refractivity contribution in [3.8, 4) is 5.75 Å². The zero-order valence-electron chi connectivity index (χ0n) is 14.4. The number of nitrogens with one attached hydrogen (secondary N) is 1. The van der Waals surface area contributed by atoms with Crippen LogP contribution in [-0.2, 0) is 20.7 Å². The minimum Gasteiger partial charge on any atom is -0.495 e. The second-order valence-corrected chi connectivity index (χ2v) is 5.62. The SMILES string of the molecule is COc1ccccc1NC(=O)[C@H](C)OC(=O)Cc1noc2ccccc12. The van der Waals surface area contributed by atoms with E-state index in [9.17, 15) is 9.59 Å². The molecule has 2 aromatic carbocycles. The van der Waals surface area contributed by atoms with E-state index in [0.717, 1.165) is 5.39 Å². The van der Waals surface area contributed by atoms with E-state index in [4.69, 9.17) is 14.0 Å². The number of carbonyl (C=O) groups excluding carboxylic acids is 2. The molecule has 1 heterocycles. The lowest BCUT2D eigenvalue weighted by Crippen LogP contribution is -2.30. The van der Waals surface area contributed by atoms with Gasteiger partial charge in [-0.15, -0.1) is 0 Å². The minimum atomic E-state index is -0.967. The summed E-state index contributed by atoms with van der Waals surface area (Å²) >= 11 is 0. The van der Waals surface area contributed by atoms with Crippen molar-refractivity contribution >= 4 is 28.5 Å². The number of carbonyl (C=O) groups is 2. The van der Waals surface area contributed by atoms with Gasteiger partial charge in [-0.25, -0.2) is 0 Å². The van der Waals surface area contributed by atoms with Crippen LogP contribution in [0, 0.1) is 0 Å². The quantitative estimate of drug-likeness (QED) is 0.685. The fourth-order valence-electron chi connectivity index (χ4n) is 2.48. The van der Waals surface area contributed by atoms with E-state index in [-0.39, 0.29) is 6.42 Å². The molecule has 0 spiro atoms. The number of para-hydroxylation sites is 3. The smallest absolute Gasteiger partial charge is 0.312 e. The Morgan fingerprint density at radius 2 is 1.88 bits per heavy atom. The summed E-state index contributed by atoms with van der Waals surface area (Å²) < 4.78 is 15.5. The molecule has 0 saturated heterocycles. The molecule has 7 heteroatoms. The second kappa shape index (κ2) is 7.69. The number of nitrogens with zero attached hydrogens (tertiary/aromatic N) is 1. The van der Waals surface area contributed by atoms with Crippen LogP contribution in [0.5, 0.6) is 5.75 Å². The number of rotatable bonds is 6. The Morgan fingerprint density at radius 3 is 2.69 bits per heavy atom. The topological polar surface area (TPSA) is 90.7 Å². The van der Waals surface area contributed by atoms with Gasteiger partial charge in [0.1, 0.15) is 11.4 Å². The van der Waals surface area contributed by atoms with Gasteiger partial charge in [0.25, 0.3) is 5.91 Å². The van der Waals surface area contributed by atoms with Crippen LogP contribution < -0.4 is 10.1 Å². The van der Waals surface area contributed by atoms with Crippen molar-refractivity contribution in [2.24, 2.45) is 0 Å². The molecule has 0 fully saturated rings. The van der Waals surface area contributed by atoms with Crippen molar-refractivity contribution in [1.29, 1.82) is 0 Å². The maximum atomic E-state index is 12.3. The molecule has 1 amide bonds. The first-order valence-corrected chi connectivity index (χ1v) is 8.05. The summed E-state index contributed by atoms with van der Waals surface area (Å²) in [7, 11) is 1.51. The second-order valence-electron chi connectivity index (χ2n) is 5.62. The molecular formula is C19H18N2O5. The van der Waals surface area contributed by atoms with Gasteiger partial charge in [-0.05, 0) is 31.2 Å². The lowest BCUT2D eigenvalue weighted by atomic mass is 10.2. The molecule has 0 aliphatic heterocycles. The molecule has 3 rings (SSSR count). The van der Waals surface area contributed by atoms with Crippen LogP contribution in [0.25, 0.3) is 11.0 Å². The van der Waals surface area contributed by atoms with Crippen LogP contribution in [0.15, 0.2) is 53.1 Å². The standard InChI is InChI=1S/C19H18N2O5/c1-12(19(23)20-14-8-4-6-10-17(14)24-2)25-18(22)11-15-13-7-3-5-9-16(13)26-21-15/h3-10,12H,11H2,1-2H3,(H,20,23)/t12-/m0/s1. The number of methoxy groups -OCH3 is 1. The zero-order chi connectivity index (χ0) is 18.5. The van der Waals surface area contributed by atoms with Gasteiger partial charge in [-0.3, -0.25) is 9.59 Å². The molecule has 26 heavy (non-hydrogen) atoms. The number of ether oxygens (including phenoxy) is 2. The van der Waals surface area contributed by atoms with Gasteiger partial charge >= 0.3 is 5.97 Å². The Labute approximate surface area is 149 Å². The molecule has 1 aromatic heterocycles. The summed E-state index contributed by atoms with van der Waals surface area (Å²) in [4.78, 5) is 24.4. The van der Waals surface area contributed by atoms with Crippen LogP contribution in [0.1, 0.15) is 12.6 Å². The first-order valence-electron chi connectivity index (χ1n) is 8.05. The lowest BCUT2D eigenvalue weighted by Gasteiger charge is -2.14. The fraction of sp³-hybridized carbons (Fsp3) is 0.211. The zero-order valence-corrected chi connectivity index (χ0v) is 14.4. The van der Waals surface area contributed by atoms with Crippen LogP contribution in [0.4, 0.5) is 5.69 Å². The van der Waals surface area contributed by atoms with Crippen molar-refractivity contribution in [2.45, 2.75) is 19.4 Å². The largest absolute Gasteiger partial charge is 0.495 e. The van der Waals surface area contributed by atoms with Crippen LogP contribution in [0.2, 0.25) is 0 Å². The summed E-state index contributed by atoms with van der Waals surface area (Å²) in [6.07, 6.45) is -1.05. The molecule has 0 unspecified atom stereocenters. The minimum absolute atomic E-state index is 0.0801. The molecular weight excluding hydrogens is 336 g/mol. The number of benzene rings is 2. The summed E-state index contributed by atoms with van der Waals surface area (Å²) in [6.45, 7) is 1.50. The Balaban J connectivity index is 1.61. The number of anilines is 1. The van der Waals surface area contributed by atoms with E-state index in [0.29, 0.717) is 22.7 Å². The van der Waals surface area contributed by atoms with Gasteiger partial charge in [-0.2, -0.15) is 0 Å². The summed E-state index contributed by atoms with van der Waals surface area (Å²) in [5.41, 5.74) is 1.57. The highest BCUT2D eigenvalue weighted by molar-refractivity contribution is 5.96. The van der Waals surface area contributed by atoms with E-state index in [1.807, 2.05) is 18.2 Å². The summed E-state index contributed by atoms with van der Waals surface area (Å²) in [5.74, 6) is -0.493. The predicted molar refractivity (Wildman–Crippen MR) is 94.9 cm³/mol. The highest BCUT2D eigenvalue weighted by atomic mass is 16.5. The van der Waals surface area contributed by atoms with Crippen molar-refractivity contribution in [3.05, 3.63) is 54.2 Å². The lowest BCUT2D eigenvalue weighted by molar-refractivity contribution is -0.152. The molecule has 134 valence electrons. The van der Waals surface area contributed by atoms with E-state index in [1.54, 1.807) is 30.3 Å². The highest BCUT2D eigenvalue weighted by Gasteiger charge is 2.21. The first-order chi connectivity index (χ1) is 12.6. The van der Waals surface area contributed by atoms with E-state index in [2.05, 4.69) is 10.5 Å². The Bertz CT molecular complexity index is 934. The molecule has 0 aliphatic rings. The molecule has 0 aliphatic carbocycles. The van der Waals surface area contributed by atoms with Crippen molar-refractivity contribution < 1.29 is 23.6 Å². The van der Waals surface area contributed by atoms with Gasteiger partial charge in [0.05, 0.1) is 19.2 Å². The molecule has 0 bridgehead atoms. The predicted octanol–water partition coefficient (Wildman–Crippen LogP) is 2.95. The number of hydrogen-bond donors (Lipinski definition) is 1. The maximum Gasteiger partial charge on any atom is 0.312 e. The number of hydrogen-bond acceptors (Lipinski definition) is 6. The van der Waals surface area contributed by atoms with E-state index in [1.165, 1.54) is 14.0 Å². The van der Waals surface area contributed by atoms with Gasteiger partial charge < -0.3 is 19.3 Å². The Hall–Kier alpha value is -3.35. The van der Waals surface area contributed by atoms with E-state index < -0.39 is 18.0 Å². The highest BCUT2D eigenvalue weighted by Crippen LogP contribution is 2.23. The van der Waals surface area contributed by atoms with Gasteiger partial charge in [-0.1, -0.05) is 29.4 Å². The van der Waals surface area contributed by atoms with E-state index >= 15 is 0 Å². The number of amides is 1. The molecule has 7 nitrogen and oxygen atoms in total. The summed E-state index contributed by atoms with van der Waals surface area (Å²) in [5, 5.41) is 7.31. The molecule has 0 radical (unpaired) electrons. The van der Waals surface area contributed by atoms with Crippen LogP contribution in [-0.4, -0.2) is 30.2 Å². The maximum absolute atomic E-state index is 12.3. The average molecular weight is 354 g/mol. The molecule has 1 atom stereocenters. The normalized spacial score (nSPS) is 11.8. The third kappa shape index (κ3) is 3.83. The fourth-order valence-corrected chi connectivity index (χ4v) is 2.48. The van der Waals surface area contributed by atoms with Crippen molar-refractivity contribution in [1.82, 2.24) is 5.16 Å². The average Bonchev–Trinajstić information content (AvgIpc) is 3.05. The summed E-state index contributed by atoms with van der Waals surface area (Å²) in [6, 6.07) is 14.2. The van der Waals surface area contributed by atoms with Crippen molar-refractivity contribution in [2.75, 3.05) is 12.4 Å². The van der Waals surface area contributed by atoms with Gasteiger partial charge in [0, 0.05) is 5.39 Å².